The summed E-state index contributed by atoms with van der Waals surface area (Å²) in [5.74, 6) is -0.238. The van der Waals surface area contributed by atoms with E-state index in [9.17, 15) is 14.4 Å². The van der Waals surface area contributed by atoms with Gasteiger partial charge in [-0.2, -0.15) is 0 Å². The summed E-state index contributed by atoms with van der Waals surface area (Å²) >= 11 is 0. The van der Waals surface area contributed by atoms with Gasteiger partial charge in [0.2, 0.25) is 17.7 Å². The molecule has 7 rings (SSSR count). The van der Waals surface area contributed by atoms with Crippen LogP contribution in [0.5, 0.6) is 0 Å². The topological polar surface area (TPSA) is 90.5 Å². The van der Waals surface area contributed by atoms with Gasteiger partial charge in [-0.15, -0.1) is 0 Å². The molecule has 3 aromatic carbocycles. The molecular weight excluding hydrogens is 620 g/mol. The molecule has 3 aliphatic carbocycles. The summed E-state index contributed by atoms with van der Waals surface area (Å²) < 4.78 is 0. The fourth-order valence-corrected chi connectivity index (χ4v) is 8.92. The summed E-state index contributed by atoms with van der Waals surface area (Å²) in [6, 6.07) is 21.0. The number of fused-ring (bicyclic) bond motifs is 2. The van der Waals surface area contributed by atoms with Crippen LogP contribution in [0.4, 0.5) is 0 Å². The Morgan fingerprint density at radius 1 is 0.680 bits per heavy atom. The highest BCUT2D eigenvalue weighted by molar-refractivity contribution is 5.93. The molecule has 0 radical (unpaired) electrons. The van der Waals surface area contributed by atoms with Crippen molar-refractivity contribution in [3.8, 4) is 22.3 Å². The first-order valence-electron chi connectivity index (χ1n) is 19.3. The van der Waals surface area contributed by atoms with Gasteiger partial charge in [0.1, 0.15) is 12.1 Å². The maximum absolute atomic E-state index is 14.1. The number of nitrogens with zero attached hydrogens (tertiary/aromatic N) is 1. The van der Waals surface area contributed by atoms with E-state index in [-0.39, 0.29) is 29.7 Å². The van der Waals surface area contributed by atoms with E-state index < -0.39 is 18.1 Å². The van der Waals surface area contributed by atoms with E-state index >= 15 is 0 Å². The van der Waals surface area contributed by atoms with Gasteiger partial charge in [0.25, 0.3) is 0 Å². The number of hydrogen-bond acceptors (Lipinski definition) is 4. The second kappa shape index (κ2) is 15.5. The number of likely N-dealkylation sites (tertiary alicyclic amines) is 1. The largest absolute Gasteiger partial charge is 0.347 e. The standard InChI is InChI=1S/C43H54N4O3/c1-28(44-2)41(48)46-40(32-11-4-3-5-12-32)43(50)47-25-9-16-39(47)42(49)45-38-15-8-14-36-27-35(23-24-37(36)38)31-19-17-30(18-20-31)34-22-21-29-10-6-7-13-33(29)26-34/h17-24,26-28,32,38-40,44H,3-16,25H2,1-2H3,(H,45,49)(H,46,48)/t28-,38+,39-,40-/m0/s1. The third-order valence-corrected chi connectivity index (χ3v) is 12.0. The zero-order chi connectivity index (χ0) is 34.6. The molecule has 2 fully saturated rings. The molecule has 1 saturated carbocycles. The van der Waals surface area contributed by atoms with Crippen LogP contribution in [-0.4, -0.2) is 54.3 Å². The molecule has 7 heteroatoms. The van der Waals surface area contributed by atoms with Crippen LogP contribution < -0.4 is 16.0 Å². The van der Waals surface area contributed by atoms with Crippen LogP contribution in [0.3, 0.4) is 0 Å². The zero-order valence-electron chi connectivity index (χ0n) is 29.9. The summed E-state index contributed by atoms with van der Waals surface area (Å²) in [5.41, 5.74) is 10.4. The van der Waals surface area contributed by atoms with E-state index in [0.717, 1.165) is 51.4 Å². The lowest BCUT2D eigenvalue weighted by Gasteiger charge is -2.35. The van der Waals surface area contributed by atoms with Crippen molar-refractivity contribution in [1.82, 2.24) is 20.9 Å². The number of amides is 3. The first-order chi connectivity index (χ1) is 24.4. The van der Waals surface area contributed by atoms with Crippen molar-refractivity contribution >= 4 is 17.7 Å². The first kappa shape index (κ1) is 34.5. The van der Waals surface area contributed by atoms with Crippen molar-refractivity contribution < 1.29 is 14.4 Å². The zero-order valence-corrected chi connectivity index (χ0v) is 29.9. The van der Waals surface area contributed by atoms with E-state index in [4.69, 9.17) is 0 Å². The molecule has 1 heterocycles. The van der Waals surface area contributed by atoms with E-state index in [1.807, 2.05) is 0 Å². The monoisotopic (exact) mass is 674 g/mol. The van der Waals surface area contributed by atoms with E-state index in [1.165, 1.54) is 76.6 Å². The highest BCUT2D eigenvalue weighted by Gasteiger charge is 2.41. The fraction of sp³-hybridized carbons (Fsp3) is 0.512. The average molecular weight is 675 g/mol. The van der Waals surface area contributed by atoms with Crippen LogP contribution in [0.25, 0.3) is 22.3 Å². The molecule has 3 aromatic rings. The quantitative estimate of drug-likeness (QED) is 0.227. The molecule has 3 N–H and O–H groups in total. The van der Waals surface area contributed by atoms with Crippen molar-refractivity contribution in [2.75, 3.05) is 13.6 Å². The van der Waals surface area contributed by atoms with Crippen molar-refractivity contribution in [3.05, 3.63) is 82.9 Å². The number of likely N-dealkylation sites (N-methyl/N-ethyl adjacent to an activating group) is 1. The molecule has 0 unspecified atom stereocenters. The van der Waals surface area contributed by atoms with Crippen LogP contribution in [0, 0.1) is 5.92 Å². The Morgan fingerprint density at radius 2 is 1.32 bits per heavy atom. The minimum absolute atomic E-state index is 0.0745. The average Bonchev–Trinajstić information content (AvgIpc) is 3.67. The molecule has 7 nitrogen and oxygen atoms in total. The molecule has 1 saturated heterocycles. The Hall–Kier alpha value is -3.97. The summed E-state index contributed by atoms with van der Waals surface area (Å²) in [5, 5.41) is 9.44. The smallest absolute Gasteiger partial charge is 0.246 e. The highest BCUT2D eigenvalue weighted by atomic mass is 16.2. The Kier molecular flexibility index (Phi) is 10.7. The summed E-state index contributed by atoms with van der Waals surface area (Å²) in [7, 11) is 1.75. The molecular formula is C43H54N4O3. The Bertz CT molecular complexity index is 1690. The Balaban J connectivity index is 1.03. The van der Waals surface area contributed by atoms with Gasteiger partial charge in [-0.1, -0.05) is 79.9 Å². The van der Waals surface area contributed by atoms with Gasteiger partial charge in [0.15, 0.2) is 0 Å². The minimum Gasteiger partial charge on any atom is -0.347 e. The molecule has 0 bridgehead atoms. The predicted octanol–water partition coefficient (Wildman–Crippen LogP) is 7.06. The second-order valence-electron chi connectivity index (χ2n) is 15.2. The SMILES string of the molecule is CN[C@@H](C)C(=O)N[C@H](C(=O)N1CCC[C@H]1C(=O)N[C@@H]1CCCc2cc(-c3ccc(-c4ccc5c(c4)CCCC5)cc3)ccc21)C1CCCCC1. The first-order valence-corrected chi connectivity index (χ1v) is 19.3. The van der Waals surface area contributed by atoms with Crippen LogP contribution in [0.2, 0.25) is 0 Å². The summed E-state index contributed by atoms with van der Waals surface area (Å²) in [6.45, 7) is 2.36. The van der Waals surface area contributed by atoms with Gasteiger partial charge in [0.05, 0.1) is 12.1 Å². The molecule has 4 aliphatic rings. The van der Waals surface area contributed by atoms with Crippen LogP contribution in [-0.2, 0) is 33.6 Å². The second-order valence-corrected chi connectivity index (χ2v) is 15.2. The van der Waals surface area contributed by atoms with Gasteiger partial charge >= 0.3 is 0 Å². The molecule has 0 aromatic heterocycles. The Morgan fingerprint density at radius 3 is 2.04 bits per heavy atom. The third kappa shape index (κ3) is 7.39. The molecule has 0 spiro atoms. The van der Waals surface area contributed by atoms with E-state index in [1.54, 1.807) is 18.9 Å². The number of rotatable bonds is 9. The van der Waals surface area contributed by atoms with Crippen molar-refractivity contribution in [3.63, 3.8) is 0 Å². The molecule has 50 heavy (non-hydrogen) atoms. The molecule has 1 aliphatic heterocycles. The van der Waals surface area contributed by atoms with Crippen LogP contribution in [0.15, 0.2) is 60.7 Å². The van der Waals surface area contributed by atoms with Crippen molar-refractivity contribution in [2.24, 2.45) is 5.92 Å². The van der Waals surface area contributed by atoms with Gasteiger partial charge < -0.3 is 20.9 Å². The lowest BCUT2D eigenvalue weighted by Crippen LogP contribution is -2.58. The minimum atomic E-state index is -0.590. The predicted molar refractivity (Wildman–Crippen MR) is 200 cm³/mol. The summed E-state index contributed by atoms with van der Waals surface area (Å²) in [4.78, 5) is 42.8. The Labute approximate surface area is 298 Å². The number of benzene rings is 3. The van der Waals surface area contributed by atoms with E-state index in [2.05, 4.69) is 76.6 Å². The molecule has 3 amide bonds. The lowest BCUT2D eigenvalue weighted by molar-refractivity contribution is -0.143. The van der Waals surface area contributed by atoms with Crippen LogP contribution >= 0.6 is 0 Å². The number of nitrogens with one attached hydrogen (secondary N) is 3. The number of hydrogen-bond donors (Lipinski definition) is 3. The number of carbonyl (C=O) groups is 3. The highest BCUT2D eigenvalue weighted by Crippen LogP contribution is 2.35. The maximum atomic E-state index is 14.1. The normalized spacial score (nSPS) is 21.8. The van der Waals surface area contributed by atoms with Crippen molar-refractivity contribution in [2.45, 2.75) is 121 Å². The molecule has 4 atom stereocenters. The van der Waals surface area contributed by atoms with E-state index in [0.29, 0.717) is 13.0 Å². The van der Waals surface area contributed by atoms with Gasteiger partial charge in [0, 0.05) is 6.54 Å². The van der Waals surface area contributed by atoms with Crippen LogP contribution in [0.1, 0.15) is 106 Å². The number of aryl methyl sites for hydroxylation is 3. The summed E-state index contributed by atoms with van der Waals surface area (Å²) in [6.07, 6.45) is 14.5. The molecule has 264 valence electrons. The van der Waals surface area contributed by atoms with Gasteiger partial charge in [-0.05, 0) is 135 Å². The maximum Gasteiger partial charge on any atom is 0.246 e. The third-order valence-electron chi connectivity index (χ3n) is 12.0. The van der Waals surface area contributed by atoms with Gasteiger partial charge in [-0.25, -0.2) is 0 Å². The lowest BCUT2D eigenvalue weighted by atomic mass is 9.83. The van der Waals surface area contributed by atoms with Crippen molar-refractivity contribution in [1.29, 1.82) is 0 Å². The van der Waals surface area contributed by atoms with Gasteiger partial charge in [-0.3, -0.25) is 14.4 Å². The fourth-order valence-electron chi connectivity index (χ4n) is 8.92. The number of carbonyl (C=O) groups excluding carboxylic acids is 3.